The summed E-state index contributed by atoms with van der Waals surface area (Å²) in [6, 6.07) is 0. The van der Waals surface area contributed by atoms with E-state index in [1.54, 1.807) is 0 Å². The number of nitrogens with one attached hydrogen (secondary N) is 1. The summed E-state index contributed by atoms with van der Waals surface area (Å²) in [5.41, 5.74) is 0.371. The minimum Gasteiger partial charge on any atom is -0.380 e. The Morgan fingerprint density at radius 3 is 2.56 bits per heavy atom. The molecule has 2 heteroatoms. The maximum absolute atomic E-state index is 5.29. The second-order valence-electron chi connectivity index (χ2n) is 2.67. The average Bonchev–Trinajstić information content (AvgIpc) is 2.65. The third-order valence-corrected chi connectivity index (χ3v) is 1.97. The van der Waals surface area contributed by atoms with Crippen LogP contribution in [0.4, 0.5) is 0 Å². The Bertz CT molecular complexity index is 88.9. The zero-order valence-corrected chi connectivity index (χ0v) is 6.24. The second kappa shape index (κ2) is 2.67. The van der Waals surface area contributed by atoms with Crippen molar-refractivity contribution in [2.45, 2.75) is 25.3 Å². The molecule has 0 heterocycles. The van der Waals surface area contributed by atoms with E-state index in [0.29, 0.717) is 5.54 Å². The molecule has 1 fully saturated rings. The van der Waals surface area contributed by atoms with Gasteiger partial charge in [-0.05, 0) is 26.8 Å². The zero-order valence-electron chi connectivity index (χ0n) is 6.24. The van der Waals surface area contributed by atoms with Crippen LogP contribution in [0.25, 0.3) is 0 Å². The second-order valence-corrected chi connectivity index (χ2v) is 2.67. The molecule has 0 aromatic heterocycles. The van der Waals surface area contributed by atoms with Crippen LogP contribution in [-0.4, -0.2) is 25.8 Å². The van der Waals surface area contributed by atoms with E-state index in [2.05, 4.69) is 5.32 Å². The van der Waals surface area contributed by atoms with Crippen LogP contribution in [0.2, 0.25) is 0 Å². The van der Waals surface area contributed by atoms with Gasteiger partial charge in [-0.25, -0.2) is 0 Å². The molecule has 1 aliphatic rings. The molecule has 1 rings (SSSR count). The monoisotopic (exact) mass is 129 g/mol. The van der Waals surface area contributed by atoms with Crippen molar-refractivity contribution in [1.82, 2.24) is 5.32 Å². The minimum absolute atomic E-state index is 0.371. The molecular weight excluding hydrogens is 114 g/mol. The van der Waals surface area contributed by atoms with Crippen LogP contribution < -0.4 is 5.32 Å². The summed E-state index contributed by atoms with van der Waals surface area (Å²) in [5, 5.41) is 3.26. The SMILES string of the molecule is CCOCC1(NC)CC1. The maximum Gasteiger partial charge on any atom is 0.0648 e. The highest BCUT2D eigenvalue weighted by molar-refractivity contribution is 5.00. The molecule has 1 aliphatic carbocycles. The molecule has 0 radical (unpaired) electrons. The van der Waals surface area contributed by atoms with Crippen LogP contribution in [0, 0.1) is 0 Å². The van der Waals surface area contributed by atoms with E-state index in [1.165, 1.54) is 12.8 Å². The van der Waals surface area contributed by atoms with Crippen molar-refractivity contribution in [3.63, 3.8) is 0 Å². The van der Waals surface area contributed by atoms with Gasteiger partial charge in [-0.2, -0.15) is 0 Å². The molecule has 1 N–H and O–H groups in total. The van der Waals surface area contributed by atoms with Crippen molar-refractivity contribution in [1.29, 1.82) is 0 Å². The molecule has 2 nitrogen and oxygen atoms in total. The predicted octanol–water partition coefficient (Wildman–Crippen LogP) is 0.775. The number of hydrogen-bond acceptors (Lipinski definition) is 2. The van der Waals surface area contributed by atoms with Crippen LogP contribution in [0.5, 0.6) is 0 Å². The van der Waals surface area contributed by atoms with Gasteiger partial charge < -0.3 is 10.1 Å². The normalized spacial score (nSPS) is 22.0. The molecule has 0 saturated heterocycles. The lowest BCUT2D eigenvalue weighted by Gasteiger charge is -2.12. The van der Waals surface area contributed by atoms with E-state index in [9.17, 15) is 0 Å². The molecule has 0 atom stereocenters. The molecule has 54 valence electrons. The van der Waals surface area contributed by atoms with Crippen LogP contribution in [0.3, 0.4) is 0 Å². The van der Waals surface area contributed by atoms with Crippen molar-refractivity contribution >= 4 is 0 Å². The van der Waals surface area contributed by atoms with E-state index in [4.69, 9.17) is 4.74 Å². The van der Waals surface area contributed by atoms with Gasteiger partial charge in [-0.15, -0.1) is 0 Å². The van der Waals surface area contributed by atoms with Crippen molar-refractivity contribution < 1.29 is 4.74 Å². The minimum atomic E-state index is 0.371. The fourth-order valence-electron chi connectivity index (χ4n) is 0.915. The standard InChI is InChI=1S/C7H15NO/c1-3-9-6-7(8-2)4-5-7/h8H,3-6H2,1-2H3. The molecule has 0 unspecified atom stereocenters. The Labute approximate surface area is 56.6 Å². The summed E-state index contributed by atoms with van der Waals surface area (Å²) in [6.07, 6.45) is 2.56. The van der Waals surface area contributed by atoms with E-state index >= 15 is 0 Å². The van der Waals surface area contributed by atoms with Crippen molar-refractivity contribution in [2.24, 2.45) is 0 Å². The Morgan fingerprint density at radius 2 is 2.22 bits per heavy atom. The quantitative estimate of drug-likeness (QED) is 0.605. The average molecular weight is 129 g/mol. The van der Waals surface area contributed by atoms with Gasteiger partial charge >= 0.3 is 0 Å². The van der Waals surface area contributed by atoms with Gasteiger partial charge in [0.1, 0.15) is 0 Å². The largest absolute Gasteiger partial charge is 0.380 e. The van der Waals surface area contributed by atoms with Gasteiger partial charge in [-0.3, -0.25) is 0 Å². The first-order chi connectivity index (χ1) is 4.33. The molecule has 0 amide bonds. The highest BCUT2D eigenvalue weighted by Crippen LogP contribution is 2.34. The lowest BCUT2D eigenvalue weighted by atomic mass is 10.3. The van der Waals surface area contributed by atoms with Gasteiger partial charge in [0.2, 0.25) is 0 Å². The number of likely N-dealkylation sites (N-methyl/N-ethyl adjacent to an activating group) is 1. The first-order valence-electron chi connectivity index (χ1n) is 3.60. The predicted molar refractivity (Wildman–Crippen MR) is 37.5 cm³/mol. The maximum atomic E-state index is 5.29. The molecule has 0 bridgehead atoms. The Kier molecular flexibility index (Phi) is 2.09. The summed E-state index contributed by atoms with van der Waals surface area (Å²) in [7, 11) is 2.01. The molecular formula is C7H15NO. The van der Waals surface area contributed by atoms with Gasteiger partial charge in [-0.1, -0.05) is 0 Å². The zero-order chi connectivity index (χ0) is 6.74. The molecule has 0 aromatic rings. The van der Waals surface area contributed by atoms with Gasteiger partial charge in [0.25, 0.3) is 0 Å². The highest BCUT2D eigenvalue weighted by Gasteiger charge is 2.40. The summed E-state index contributed by atoms with van der Waals surface area (Å²) in [4.78, 5) is 0. The van der Waals surface area contributed by atoms with Crippen LogP contribution in [0.15, 0.2) is 0 Å². The Balaban J connectivity index is 2.10. The van der Waals surface area contributed by atoms with Crippen molar-refractivity contribution in [3.05, 3.63) is 0 Å². The van der Waals surface area contributed by atoms with E-state index in [-0.39, 0.29) is 0 Å². The number of hydrogen-bond donors (Lipinski definition) is 1. The summed E-state index contributed by atoms with van der Waals surface area (Å²) < 4.78 is 5.29. The van der Waals surface area contributed by atoms with Gasteiger partial charge in [0.15, 0.2) is 0 Å². The topological polar surface area (TPSA) is 21.3 Å². The summed E-state index contributed by atoms with van der Waals surface area (Å²) in [5.74, 6) is 0. The summed E-state index contributed by atoms with van der Waals surface area (Å²) >= 11 is 0. The third-order valence-electron chi connectivity index (χ3n) is 1.97. The smallest absolute Gasteiger partial charge is 0.0648 e. The molecule has 0 spiro atoms. The fraction of sp³-hybridized carbons (Fsp3) is 1.00. The molecule has 9 heavy (non-hydrogen) atoms. The third kappa shape index (κ3) is 1.66. The molecule has 0 aromatic carbocycles. The van der Waals surface area contributed by atoms with E-state index < -0.39 is 0 Å². The van der Waals surface area contributed by atoms with Crippen molar-refractivity contribution in [3.8, 4) is 0 Å². The highest BCUT2D eigenvalue weighted by atomic mass is 16.5. The lowest BCUT2D eigenvalue weighted by Crippen LogP contribution is -2.32. The first-order valence-corrected chi connectivity index (χ1v) is 3.60. The Hall–Kier alpha value is -0.0800. The summed E-state index contributed by atoms with van der Waals surface area (Å²) in [6.45, 7) is 3.76. The van der Waals surface area contributed by atoms with Crippen LogP contribution in [-0.2, 0) is 4.74 Å². The fourth-order valence-corrected chi connectivity index (χ4v) is 0.915. The Morgan fingerprint density at radius 1 is 1.56 bits per heavy atom. The van der Waals surface area contributed by atoms with Gasteiger partial charge in [0.05, 0.1) is 6.61 Å². The lowest BCUT2D eigenvalue weighted by molar-refractivity contribution is 0.118. The van der Waals surface area contributed by atoms with Crippen molar-refractivity contribution in [2.75, 3.05) is 20.3 Å². The number of ether oxygens (including phenoxy) is 1. The molecule has 1 saturated carbocycles. The number of rotatable bonds is 4. The van der Waals surface area contributed by atoms with Crippen LogP contribution in [0.1, 0.15) is 19.8 Å². The first kappa shape index (κ1) is 7.03. The van der Waals surface area contributed by atoms with Gasteiger partial charge in [0, 0.05) is 12.1 Å². The van der Waals surface area contributed by atoms with E-state index in [0.717, 1.165) is 13.2 Å². The molecule has 0 aliphatic heterocycles. The van der Waals surface area contributed by atoms with E-state index in [1.807, 2.05) is 14.0 Å². The van der Waals surface area contributed by atoms with Crippen LogP contribution >= 0.6 is 0 Å².